The third kappa shape index (κ3) is 35.0. The number of benzene rings is 1. The molecule has 0 aliphatic rings. The second-order valence-electron chi connectivity index (χ2n) is 17.9. The summed E-state index contributed by atoms with van der Waals surface area (Å²) in [6.07, 6.45) is 56.7. The average Bonchev–Trinajstić information content (AvgIpc) is 3.26. The van der Waals surface area contributed by atoms with E-state index in [1.54, 1.807) is 0 Å². The largest absolute Gasteiger partial charge is 0.462 e. The van der Waals surface area contributed by atoms with Gasteiger partial charge in [-0.05, 0) is 82.4 Å². The minimum Gasteiger partial charge on any atom is -0.462 e. The van der Waals surface area contributed by atoms with Crippen LogP contribution >= 0.6 is 0 Å². The Bertz CT molecular complexity index is 1370. The summed E-state index contributed by atoms with van der Waals surface area (Å²) in [6, 6.07) is 3.32. The summed E-state index contributed by atoms with van der Waals surface area (Å²) < 4.78 is 44.1. The normalized spacial score (nSPS) is 11.9. The van der Waals surface area contributed by atoms with Crippen molar-refractivity contribution in [3.05, 3.63) is 53.6 Å². The molecule has 0 bridgehead atoms. The molecule has 0 unspecified atom stereocenters. The van der Waals surface area contributed by atoms with Crippen LogP contribution in [-0.2, 0) is 19.6 Å². The summed E-state index contributed by atoms with van der Waals surface area (Å²) in [5, 5.41) is 0. The molecule has 0 aliphatic heterocycles. The van der Waals surface area contributed by atoms with Crippen molar-refractivity contribution in [2.45, 2.75) is 263 Å². The van der Waals surface area contributed by atoms with Gasteiger partial charge in [0, 0.05) is 0 Å². The summed E-state index contributed by atoms with van der Waals surface area (Å²) in [7, 11) is -4.57. The number of hydrogen-bond acceptors (Lipinski definition) is 6. The van der Waals surface area contributed by atoms with E-state index in [2.05, 4.69) is 38.2 Å². The van der Waals surface area contributed by atoms with Gasteiger partial charge in [0.1, 0.15) is 0 Å². The van der Waals surface area contributed by atoms with Gasteiger partial charge in [-0.1, -0.05) is 218 Å². The van der Waals surface area contributed by atoms with Gasteiger partial charge in [0.2, 0.25) is 0 Å². The maximum Gasteiger partial charge on any atom is 0.339 e. The maximum atomic E-state index is 13.0. The number of hydrogen-bond donors (Lipinski definition) is 1. The zero-order valence-electron chi connectivity index (χ0n) is 40.1. The molecule has 358 valence electrons. The molecule has 0 spiro atoms. The molecule has 1 N–H and O–H groups in total. The molecule has 0 atom stereocenters. The fourth-order valence-corrected chi connectivity index (χ4v) is 8.49. The number of esters is 2. The van der Waals surface area contributed by atoms with Crippen molar-refractivity contribution in [2.24, 2.45) is 0 Å². The Balaban J connectivity index is 2.13. The number of unbranched alkanes of at least 4 members (excludes halogenated alkanes) is 34. The van der Waals surface area contributed by atoms with E-state index in [-0.39, 0.29) is 24.3 Å². The Labute approximate surface area is 382 Å². The molecule has 1 aromatic rings. The number of allylic oxidation sites excluding steroid dienone is 4. The first-order chi connectivity index (χ1) is 30.3. The molecule has 0 amide bonds. The summed E-state index contributed by atoms with van der Waals surface area (Å²) in [4.78, 5) is 25.5. The minimum atomic E-state index is -4.57. The van der Waals surface area contributed by atoms with Crippen LogP contribution in [0.4, 0.5) is 0 Å². The third-order valence-corrected chi connectivity index (χ3v) is 12.9. The first-order valence-electron chi connectivity index (χ1n) is 26.1. The van der Waals surface area contributed by atoms with Gasteiger partial charge < -0.3 is 9.47 Å². The smallest absolute Gasteiger partial charge is 0.339 e. The van der Waals surface area contributed by atoms with E-state index in [9.17, 15) is 22.6 Å². The van der Waals surface area contributed by atoms with Crippen LogP contribution in [0.5, 0.6) is 0 Å². The maximum absolute atomic E-state index is 13.0. The van der Waals surface area contributed by atoms with Crippen LogP contribution in [0, 0.1) is 0 Å². The van der Waals surface area contributed by atoms with E-state index in [1.165, 1.54) is 205 Å². The summed E-state index contributed by atoms with van der Waals surface area (Å²) >= 11 is 0. The van der Waals surface area contributed by atoms with Crippen molar-refractivity contribution in [1.82, 2.24) is 0 Å². The number of carbonyl (C=O) groups is 2. The van der Waals surface area contributed by atoms with Crippen LogP contribution < -0.4 is 0 Å². The zero-order valence-corrected chi connectivity index (χ0v) is 40.9. The quantitative estimate of drug-likeness (QED) is 0.0301. The highest BCUT2D eigenvalue weighted by Gasteiger charge is 2.23. The van der Waals surface area contributed by atoms with E-state index in [1.807, 2.05) is 0 Å². The van der Waals surface area contributed by atoms with Crippen molar-refractivity contribution in [3.63, 3.8) is 0 Å². The van der Waals surface area contributed by atoms with Gasteiger partial charge in [-0.2, -0.15) is 8.42 Å². The van der Waals surface area contributed by atoms with Crippen molar-refractivity contribution < 1.29 is 32.0 Å². The average molecular weight is 887 g/mol. The number of carbonyl (C=O) groups excluding carboxylic acids is 2. The molecular weight excluding hydrogens is 793 g/mol. The van der Waals surface area contributed by atoms with Crippen LogP contribution in [0.15, 0.2) is 47.4 Å². The Hall–Kier alpha value is -2.45. The lowest BCUT2D eigenvalue weighted by molar-refractivity contribution is 0.0450. The van der Waals surface area contributed by atoms with E-state index in [0.717, 1.165) is 50.7 Å². The predicted molar refractivity (Wildman–Crippen MR) is 262 cm³/mol. The number of ether oxygens (including phenoxy) is 2. The lowest BCUT2D eigenvalue weighted by Crippen LogP contribution is -2.16. The van der Waals surface area contributed by atoms with Crippen LogP contribution in [0.3, 0.4) is 0 Å². The van der Waals surface area contributed by atoms with Crippen molar-refractivity contribution in [2.75, 3.05) is 13.2 Å². The van der Waals surface area contributed by atoms with Crippen molar-refractivity contribution in [3.8, 4) is 0 Å². The predicted octanol–water partition coefficient (Wildman–Crippen LogP) is 17.2. The van der Waals surface area contributed by atoms with E-state index in [4.69, 9.17) is 9.47 Å². The fraction of sp³-hybridized carbons (Fsp3) is 0.778. The Morgan fingerprint density at radius 2 is 0.694 bits per heavy atom. The molecule has 0 heterocycles. The molecule has 8 heteroatoms. The molecule has 0 aliphatic carbocycles. The van der Waals surface area contributed by atoms with Gasteiger partial charge in [0.25, 0.3) is 10.1 Å². The van der Waals surface area contributed by atoms with Crippen molar-refractivity contribution in [1.29, 1.82) is 0 Å². The zero-order chi connectivity index (χ0) is 45.0. The monoisotopic (exact) mass is 887 g/mol. The molecule has 62 heavy (non-hydrogen) atoms. The Kier molecular flexibility index (Phi) is 39.5. The highest BCUT2D eigenvalue weighted by Crippen LogP contribution is 2.20. The van der Waals surface area contributed by atoms with Gasteiger partial charge in [0.15, 0.2) is 0 Å². The summed E-state index contributed by atoms with van der Waals surface area (Å²) in [5.41, 5.74) is -0.267. The lowest BCUT2D eigenvalue weighted by Gasteiger charge is -2.11. The molecule has 0 aromatic heterocycles. The van der Waals surface area contributed by atoms with Crippen LogP contribution in [0.2, 0.25) is 0 Å². The van der Waals surface area contributed by atoms with Gasteiger partial charge in [-0.25, -0.2) is 9.59 Å². The topological polar surface area (TPSA) is 107 Å². The number of rotatable bonds is 45. The summed E-state index contributed by atoms with van der Waals surface area (Å²) in [5.74, 6) is -1.49. The molecular formula is C54H94O7S. The second kappa shape index (κ2) is 42.5. The van der Waals surface area contributed by atoms with Gasteiger partial charge >= 0.3 is 11.9 Å². The summed E-state index contributed by atoms with van der Waals surface area (Å²) in [6.45, 7) is 4.93. The molecule has 1 aromatic carbocycles. The lowest BCUT2D eigenvalue weighted by atomic mass is 10.1. The minimum absolute atomic E-state index is 0.0582. The standard InChI is InChI=1S/C54H94O7S/c1-3-5-7-9-11-13-15-17-19-21-23-25-27-29-31-33-35-37-39-41-43-47-60-53(55)51-46-45-50(62(57,58)59)49-52(51)54(56)61-48-44-42-40-38-36-34-32-30-28-26-24-22-20-18-16-14-12-10-8-6-4-2/h19-22,45-46,49H,3-18,23-44,47-48H2,1-2H3,(H,57,58,59)/b21-19+,22-20+. The van der Waals surface area contributed by atoms with E-state index < -0.39 is 27.0 Å². The Morgan fingerprint density at radius 1 is 0.419 bits per heavy atom. The molecule has 0 saturated carbocycles. The first kappa shape index (κ1) is 57.6. The third-order valence-electron chi connectivity index (χ3n) is 12.0. The van der Waals surface area contributed by atoms with Gasteiger partial charge in [-0.3, -0.25) is 4.55 Å². The highest BCUT2D eigenvalue weighted by atomic mass is 32.2. The van der Waals surface area contributed by atoms with Gasteiger partial charge in [-0.15, -0.1) is 0 Å². The SMILES string of the molecule is CCCCCCCCC/C=C/CCCCCCCCCCCCOC(=O)c1ccc(S(=O)(=O)O)cc1C(=O)OCCCCCCCCCCCC/C=C/CCCCCCCCC. The molecule has 0 saturated heterocycles. The van der Waals surface area contributed by atoms with E-state index >= 15 is 0 Å². The second-order valence-corrected chi connectivity index (χ2v) is 19.3. The molecule has 0 radical (unpaired) electrons. The molecule has 0 fully saturated rings. The van der Waals surface area contributed by atoms with Gasteiger partial charge in [0.05, 0.1) is 29.2 Å². The van der Waals surface area contributed by atoms with Crippen LogP contribution in [-0.4, -0.2) is 38.1 Å². The van der Waals surface area contributed by atoms with Crippen molar-refractivity contribution >= 4 is 22.1 Å². The molecule has 1 rings (SSSR count). The first-order valence-corrected chi connectivity index (χ1v) is 27.5. The fourth-order valence-electron chi connectivity index (χ4n) is 7.98. The Morgan fingerprint density at radius 3 is 1.00 bits per heavy atom. The van der Waals surface area contributed by atoms with Crippen LogP contribution in [0.1, 0.15) is 279 Å². The van der Waals surface area contributed by atoms with Crippen LogP contribution in [0.25, 0.3) is 0 Å². The van der Waals surface area contributed by atoms with E-state index in [0.29, 0.717) is 6.42 Å². The highest BCUT2D eigenvalue weighted by molar-refractivity contribution is 7.85. The molecule has 7 nitrogen and oxygen atoms in total.